The average Bonchev–Trinajstić information content (AvgIpc) is 3.29. The van der Waals surface area contributed by atoms with E-state index >= 15 is 0 Å². The summed E-state index contributed by atoms with van der Waals surface area (Å²) in [5, 5.41) is 15.8. The van der Waals surface area contributed by atoms with Crippen LogP contribution in [-0.2, 0) is 11.3 Å². The summed E-state index contributed by atoms with van der Waals surface area (Å²) >= 11 is 1.18. The molecule has 1 aromatic carbocycles. The maximum Gasteiger partial charge on any atom is 0.271 e. The maximum absolute atomic E-state index is 12.3. The van der Waals surface area contributed by atoms with Crippen molar-refractivity contribution in [1.29, 1.82) is 0 Å². The van der Waals surface area contributed by atoms with Gasteiger partial charge in [0.2, 0.25) is 16.8 Å². The van der Waals surface area contributed by atoms with Crippen LogP contribution in [0.15, 0.2) is 23.4 Å². The van der Waals surface area contributed by atoms with Crippen LogP contribution < -0.4 is 25.4 Å². The Bertz CT molecular complexity index is 1050. The van der Waals surface area contributed by atoms with Gasteiger partial charge in [0.25, 0.3) is 5.95 Å². The number of methoxy groups -OCH3 is 3. The Morgan fingerprint density at radius 1 is 1.10 bits per heavy atom. The van der Waals surface area contributed by atoms with Crippen LogP contribution in [0.25, 0.3) is 5.95 Å². The van der Waals surface area contributed by atoms with Crippen molar-refractivity contribution in [1.82, 2.24) is 30.0 Å². The highest BCUT2D eigenvalue weighted by molar-refractivity contribution is 7.99. The summed E-state index contributed by atoms with van der Waals surface area (Å²) in [5.74, 6) is 7.95. The molecule has 0 aliphatic heterocycles. The number of nitrogens with zero attached hydrogens (tertiary/aromatic N) is 5. The van der Waals surface area contributed by atoms with E-state index in [1.165, 1.54) is 23.5 Å². The van der Waals surface area contributed by atoms with Gasteiger partial charge >= 0.3 is 0 Å². The van der Waals surface area contributed by atoms with Crippen LogP contribution in [0.4, 0.5) is 0 Å². The lowest BCUT2D eigenvalue weighted by Crippen LogP contribution is -2.25. The van der Waals surface area contributed by atoms with Crippen LogP contribution in [0.3, 0.4) is 0 Å². The Balaban J connectivity index is 1.61. The number of carbonyl (C=O) groups excluding carboxylic acids is 1. The highest BCUT2D eigenvalue weighted by atomic mass is 32.2. The summed E-state index contributed by atoms with van der Waals surface area (Å²) in [4.78, 5) is 12.3. The quantitative estimate of drug-likeness (QED) is 0.367. The summed E-state index contributed by atoms with van der Waals surface area (Å²) in [7, 11) is 4.62. The molecule has 0 saturated heterocycles. The van der Waals surface area contributed by atoms with E-state index in [4.69, 9.17) is 20.1 Å². The molecule has 0 radical (unpaired) electrons. The summed E-state index contributed by atoms with van der Waals surface area (Å²) in [6.07, 6.45) is 0. The van der Waals surface area contributed by atoms with Crippen LogP contribution in [-0.4, -0.2) is 57.6 Å². The Labute approximate surface area is 183 Å². The first-order chi connectivity index (χ1) is 14.9. The van der Waals surface area contributed by atoms with E-state index in [2.05, 4.69) is 20.6 Å². The number of nitrogens with two attached hydrogens (primary N) is 1. The van der Waals surface area contributed by atoms with Crippen LogP contribution in [0.2, 0.25) is 0 Å². The number of aryl methyl sites for hydroxylation is 2. The molecule has 0 spiro atoms. The van der Waals surface area contributed by atoms with Gasteiger partial charge in [0, 0.05) is 12.2 Å². The molecule has 0 atom stereocenters. The van der Waals surface area contributed by atoms with Gasteiger partial charge in [0.1, 0.15) is 0 Å². The van der Waals surface area contributed by atoms with Crippen LogP contribution in [0, 0.1) is 13.8 Å². The number of carbonyl (C=O) groups is 1. The van der Waals surface area contributed by atoms with Crippen molar-refractivity contribution < 1.29 is 19.0 Å². The molecule has 31 heavy (non-hydrogen) atoms. The molecule has 0 saturated carbocycles. The first kappa shape index (κ1) is 22.3. The maximum atomic E-state index is 12.3. The summed E-state index contributed by atoms with van der Waals surface area (Å²) < 4.78 is 18.9. The largest absolute Gasteiger partial charge is 0.493 e. The Kier molecular flexibility index (Phi) is 6.90. The average molecular weight is 448 g/mol. The molecule has 3 rings (SSSR count). The third kappa shape index (κ3) is 4.85. The number of hydrogen-bond donors (Lipinski definition) is 2. The van der Waals surface area contributed by atoms with E-state index in [9.17, 15) is 4.79 Å². The minimum absolute atomic E-state index is 0.122. The third-order valence-electron chi connectivity index (χ3n) is 4.39. The summed E-state index contributed by atoms with van der Waals surface area (Å²) in [6, 6.07) is 5.48. The van der Waals surface area contributed by atoms with Crippen LogP contribution in [0.5, 0.6) is 17.2 Å². The van der Waals surface area contributed by atoms with Crippen LogP contribution in [0.1, 0.15) is 17.0 Å². The lowest BCUT2D eigenvalue weighted by atomic mass is 10.2. The predicted molar refractivity (Wildman–Crippen MR) is 115 cm³/mol. The Morgan fingerprint density at radius 3 is 2.32 bits per heavy atom. The first-order valence-corrected chi connectivity index (χ1v) is 10.3. The minimum atomic E-state index is -0.186. The SMILES string of the molecule is COc1cc(CNC(=O)CSc2nnc(-n3nc(C)cc3C)n2N)cc(OC)c1OC. The molecule has 166 valence electrons. The number of ether oxygens (including phenoxy) is 3. The molecule has 0 fully saturated rings. The van der Waals surface area contributed by atoms with Crippen molar-refractivity contribution in [2.24, 2.45) is 0 Å². The highest BCUT2D eigenvalue weighted by Gasteiger charge is 2.17. The van der Waals surface area contributed by atoms with Gasteiger partial charge in [-0.25, -0.2) is 9.36 Å². The van der Waals surface area contributed by atoms with E-state index in [-0.39, 0.29) is 11.7 Å². The smallest absolute Gasteiger partial charge is 0.271 e. The molecule has 12 heteroatoms. The number of aromatic nitrogens is 5. The van der Waals surface area contributed by atoms with Gasteiger partial charge < -0.3 is 25.4 Å². The van der Waals surface area contributed by atoms with Crippen molar-refractivity contribution in [2.75, 3.05) is 32.9 Å². The monoisotopic (exact) mass is 447 g/mol. The van der Waals surface area contributed by atoms with Crippen LogP contribution >= 0.6 is 11.8 Å². The number of benzene rings is 1. The fraction of sp³-hybridized carbons (Fsp3) is 0.368. The molecule has 0 aliphatic rings. The normalized spacial score (nSPS) is 10.7. The number of thioether (sulfide) groups is 1. The second kappa shape index (κ2) is 9.60. The molecule has 3 N–H and O–H groups in total. The summed E-state index contributed by atoms with van der Waals surface area (Å²) in [5.41, 5.74) is 2.54. The van der Waals surface area contributed by atoms with Gasteiger partial charge in [0.15, 0.2) is 11.5 Å². The number of hydrogen-bond acceptors (Lipinski definition) is 9. The highest BCUT2D eigenvalue weighted by Crippen LogP contribution is 2.38. The molecule has 1 amide bonds. The van der Waals surface area contributed by atoms with Crippen molar-refractivity contribution in [3.05, 3.63) is 35.2 Å². The van der Waals surface area contributed by atoms with E-state index in [0.717, 1.165) is 17.0 Å². The second-order valence-corrected chi connectivity index (χ2v) is 7.53. The topological polar surface area (TPSA) is 131 Å². The number of nitrogen functional groups attached to an aromatic ring is 1. The van der Waals surface area contributed by atoms with Crippen molar-refractivity contribution >= 4 is 17.7 Å². The second-order valence-electron chi connectivity index (χ2n) is 6.59. The molecule has 3 aromatic rings. The zero-order chi connectivity index (χ0) is 22.5. The molecular formula is C19H25N7O4S. The molecule has 2 aromatic heterocycles. The predicted octanol–water partition coefficient (Wildman–Crippen LogP) is 1.23. The van der Waals surface area contributed by atoms with E-state index in [1.54, 1.807) is 31.0 Å². The van der Waals surface area contributed by atoms with Gasteiger partial charge in [-0.2, -0.15) is 5.10 Å². The van der Waals surface area contributed by atoms with E-state index in [1.807, 2.05) is 19.9 Å². The van der Waals surface area contributed by atoms with Crippen molar-refractivity contribution in [2.45, 2.75) is 25.5 Å². The van der Waals surface area contributed by atoms with Gasteiger partial charge in [0.05, 0.1) is 32.8 Å². The fourth-order valence-electron chi connectivity index (χ4n) is 2.96. The molecule has 0 unspecified atom stereocenters. The first-order valence-electron chi connectivity index (χ1n) is 9.30. The number of rotatable bonds is 9. The van der Waals surface area contributed by atoms with Gasteiger partial charge in [-0.3, -0.25) is 4.79 Å². The molecule has 2 heterocycles. The number of amides is 1. The van der Waals surface area contributed by atoms with Gasteiger partial charge in [-0.1, -0.05) is 11.8 Å². The molecule has 11 nitrogen and oxygen atoms in total. The van der Waals surface area contributed by atoms with Crippen molar-refractivity contribution in [3.8, 4) is 23.2 Å². The lowest BCUT2D eigenvalue weighted by molar-refractivity contribution is -0.118. The lowest BCUT2D eigenvalue weighted by Gasteiger charge is -2.14. The Morgan fingerprint density at radius 2 is 1.77 bits per heavy atom. The molecule has 0 aliphatic carbocycles. The molecule has 0 bridgehead atoms. The zero-order valence-electron chi connectivity index (χ0n) is 18.0. The standard InChI is InChI=1S/C19H25N7O4S/c1-11-6-12(2)26(24-11)18-22-23-19(25(18)20)31-10-16(27)21-9-13-7-14(28-3)17(30-5)15(8-13)29-4/h6-8H,9-10,20H2,1-5H3,(H,21,27). The van der Waals surface area contributed by atoms with E-state index in [0.29, 0.717) is 34.9 Å². The minimum Gasteiger partial charge on any atom is -0.493 e. The zero-order valence-corrected chi connectivity index (χ0v) is 18.8. The van der Waals surface area contributed by atoms with Gasteiger partial charge in [-0.15, -0.1) is 10.2 Å². The summed E-state index contributed by atoms with van der Waals surface area (Å²) in [6.45, 7) is 4.08. The van der Waals surface area contributed by atoms with Crippen molar-refractivity contribution in [3.63, 3.8) is 0 Å². The van der Waals surface area contributed by atoms with E-state index < -0.39 is 0 Å². The fourth-order valence-corrected chi connectivity index (χ4v) is 3.64. The third-order valence-corrected chi connectivity index (χ3v) is 5.34. The van der Waals surface area contributed by atoms with Gasteiger partial charge in [-0.05, 0) is 37.6 Å². The number of nitrogens with one attached hydrogen (secondary N) is 1. The Hall–Kier alpha value is -3.41. The molecular weight excluding hydrogens is 422 g/mol.